The van der Waals surface area contributed by atoms with E-state index in [1.54, 1.807) is 19.2 Å². The summed E-state index contributed by atoms with van der Waals surface area (Å²) in [6.07, 6.45) is 0.698. The molecule has 9 heteroatoms. The van der Waals surface area contributed by atoms with Gasteiger partial charge in [0.15, 0.2) is 0 Å². The van der Waals surface area contributed by atoms with Gasteiger partial charge < -0.3 is 14.8 Å². The molecule has 0 aliphatic carbocycles. The highest BCUT2D eigenvalue weighted by atomic mass is 32.2. The van der Waals surface area contributed by atoms with Gasteiger partial charge in [0, 0.05) is 52.0 Å². The third-order valence-corrected chi connectivity index (χ3v) is 5.50. The molecule has 0 radical (unpaired) electrons. The summed E-state index contributed by atoms with van der Waals surface area (Å²) >= 11 is 0. The lowest BCUT2D eigenvalue weighted by Gasteiger charge is -2.26. The zero-order chi connectivity index (χ0) is 18.8. The Balaban J connectivity index is 1.88. The summed E-state index contributed by atoms with van der Waals surface area (Å²) < 4.78 is 37.7. The van der Waals surface area contributed by atoms with E-state index < -0.39 is 10.0 Å². The van der Waals surface area contributed by atoms with Crippen molar-refractivity contribution in [3.63, 3.8) is 0 Å². The molecule has 1 aliphatic heterocycles. The zero-order valence-corrected chi connectivity index (χ0v) is 15.9. The summed E-state index contributed by atoms with van der Waals surface area (Å²) in [6, 6.07) is 6.04. The molecule has 146 valence electrons. The number of benzene rings is 1. The van der Waals surface area contributed by atoms with Crippen LogP contribution in [-0.4, -0.2) is 78.9 Å². The number of hydrogen-bond donors (Lipinski definition) is 2. The van der Waals surface area contributed by atoms with E-state index in [0.29, 0.717) is 51.4 Å². The summed E-state index contributed by atoms with van der Waals surface area (Å²) in [7, 11) is -2.05. The van der Waals surface area contributed by atoms with Gasteiger partial charge in [0.25, 0.3) is 5.91 Å². The number of ether oxygens (including phenoxy) is 2. The van der Waals surface area contributed by atoms with Crippen molar-refractivity contribution in [2.75, 3.05) is 59.7 Å². The van der Waals surface area contributed by atoms with Crippen LogP contribution in [0, 0.1) is 0 Å². The van der Waals surface area contributed by atoms with Crippen LogP contribution in [0.4, 0.5) is 0 Å². The highest BCUT2D eigenvalue weighted by Gasteiger charge is 2.17. The number of carbonyl (C=O) groups is 1. The van der Waals surface area contributed by atoms with Crippen LogP contribution in [0.25, 0.3) is 0 Å². The van der Waals surface area contributed by atoms with E-state index in [4.69, 9.17) is 9.47 Å². The summed E-state index contributed by atoms with van der Waals surface area (Å²) in [4.78, 5) is 14.4. The zero-order valence-electron chi connectivity index (χ0n) is 15.1. The molecular weight excluding hydrogens is 358 g/mol. The van der Waals surface area contributed by atoms with Crippen molar-refractivity contribution in [2.24, 2.45) is 0 Å². The lowest BCUT2D eigenvalue weighted by molar-refractivity contribution is 0.0390. The molecule has 0 spiro atoms. The first kappa shape index (κ1) is 20.8. The predicted molar refractivity (Wildman–Crippen MR) is 97.7 cm³/mol. The van der Waals surface area contributed by atoms with Crippen LogP contribution >= 0.6 is 0 Å². The van der Waals surface area contributed by atoms with E-state index in [9.17, 15) is 13.2 Å². The number of morpholine rings is 1. The van der Waals surface area contributed by atoms with Gasteiger partial charge in [-0.25, -0.2) is 13.1 Å². The van der Waals surface area contributed by atoms with Crippen LogP contribution in [0.2, 0.25) is 0 Å². The largest absolute Gasteiger partial charge is 0.385 e. The molecule has 1 saturated heterocycles. The van der Waals surface area contributed by atoms with Crippen molar-refractivity contribution >= 4 is 15.9 Å². The number of sulfonamides is 1. The summed E-state index contributed by atoms with van der Waals surface area (Å²) in [5.41, 5.74) is 0.318. The van der Waals surface area contributed by atoms with Crippen molar-refractivity contribution in [2.45, 2.75) is 11.3 Å². The fraction of sp³-hybridized carbons (Fsp3) is 0.588. The average Bonchev–Trinajstić information content (AvgIpc) is 2.66. The van der Waals surface area contributed by atoms with E-state index >= 15 is 0 Å². The molecule has 0 bridgehead atoms. The number of carbonyl (C=O) groups excluding carboxylic acids is 1. The first-order valence-electron chi connectivity index (χ1n) is 8.70. The maximum atomic E-state index is 12.4. The van der Waals surface area contributed by atoms with E-state index in [1.165, 1.54) is 12.1 Å². The Kier molecular flexibility index (Phi) is 8.46. The van der Waals surface area contributed by atoms with Gasteiger partial charge in [-0.1, -0.05) is 6.07 Å². The third-order valence-electron chi connectivity index (χ3n) is 4.04. The first-order chi connectivity index (χ1) is 12.5. The van der Waals surface area contributed by atoms with Crippen LogP contribution in [-0.2, 0) is 19.5 Å². The Morgan fingerprint density at radius 1 is 1.27 bits per heavy atom. The second kappa shape index (κ2) is 10.6. The standard InChI is InChI=1S/C17H27N3O5S/c1-24-11-3-6-18-17(21)15-4-2-5-16(14-15)26(22,23)19-7-8-20-9-12-25-13-10-20/h2,4-5,14,19H,3,6-13H2,1H3,(H,18,21). The van der Waals surface area contributed by atoms with Crippen LogP contribution in [0.1, 0.15) is 16.8 Å². The number of nitrogens with one attached hydrogen (secondary N) is 2. The normalized spacial score (nSPS) is 15.7. The minimum Gasteiger partial charge on any atom is -0.385 e. The molecule has 0 aromatic heterocycles. The van der Waals surface area contributed by atoms with Crippen molar-refractivity contribution in [3.05, 3.63) is 29.8 Å². The Morgan fingerprint density at radius 3 is 2.77 bits per heavy atom. The fourth-order valence-corrected chi connectivity index (χ4v) is 3.64. The van der Waals surface area contributed by atoms with Crippen LogP contribution in [0.15, 0.2) is 29.2 Å². The number of nitrogens with zero attached hydrogens (tertiary/aromatic N) is 1. The van der Waals surface area contributed by atoms with Gasteiger partial charge in [0.2, 0.25) is 10.0 Å². The summed E-state index contributed by atoms with van der Waals surface area (Å²) in [6.45, 7) is 4.94. The van der Waals surface area contributed by atoms with Gasteiger partial charge in [-0.05, 0) is 24.6 Å². The van der Waals surface area contributed by atoms with Crippen molar-refractivity contribution in [1.82, 2.24) is 14.9 Å². The van der Waals surface area contributed by atoms with Gasteiger partial charge in [-0.2, -0.15) is 0 Å². The molecule has 0 saturated carbocycles. The van der Waals surface area contributed by atoms with Gasteiger partial charge in [0.1, 0.15) is 0 Å². The predicted octanol–water partition coefficient (Wildman–Crippen LogP) is 0.0634. The molecule has 1 aliphatic rings. The van der Waals surface area contributed by atoms with E-state index in [1.807, 2.05) is 0 Å². The second-order valence-corrected chi connectivity index (χ2v) is 7.75. The number of amides is 1. The molecule has 1 heterocycles. The quantitative estimate of drug-likeness (QED) is 0.553. The highest BCUT2D eigenvalue weighted by molar-refractivity contribution is 7.89. The number of methoxy groups -OCH3 is 1. The van der Waals surface area contributed by atoms with Gasteiger partial charge in [0.05, 0.1) is 18.1 Å². The van der Waals surface area contributed by atoms with Crippen LogP contribution in [0.3, 0.4) is 0 Å². The summed E-state index contributed by atoms with van der Waals surface area (Å²) in [5.74, 6) is -0.300. The molecule has 8 nitrogen and oxygen atoms in total. The summed E-state index contributed by atoms with van der Waals surface area (Å²) in [5, 5.41) is 2.75. The number of hydrogen-bond acceptors (Lipinski definition) is 6. The average molecular weight is 385 g/mol. The Labute approximate surface area is 154 Å². The Bertz CT molecular complexity index is 675. The molecular formula is C17H27N3O5S. The molecule has 1 amide bonds. The molecule has 2 N–H and O–H groups in total. The lowest BCUT2D eigenvalue weighted by Crippen LogP contribution is -2.41. The maximum absolute atomic E-state index is 12.4. The molecule has 26 heavy (non-hydrogen) atoms. The molecule has 1 fully saturated rings. The SMILES string of the molecule is COCCCNC(=O)c1cccc(S(=O)(=O)NCCN2CCOCC2)c1. The van der Waals surface area contributed by atoms with E-state index in [-0.39, 0.29) is 10.8 Å². The first-order valence-corrected chi connectivity index (χ1v) is 10.2. The molecule has 1 aromatic carbocycles. The van der Waals surface area contributed by atoms with Gasteiger partial charge >= 0.3 is 0 Å². The van der Waals surface area contributed by atoms with Gasteiger partial charge in [-0.3, -0.25) is 9.69 Å². The number of rotatable bonds is 10. The minimum absolute atomic E-state index is 0.0871. The van der Waals surface area contributed by atoms with Crippen molar-refractivity contribution < 1.29 is 22.7 Å². The Hall–Kier alpha value is -1.52. The smallest absolute Gasteiger partial charge is 0.251 e. The van der Waals surface area contributed by atoms with Crippen molar-refractivity contribution in [1.29, 1.82) is 0 Å². The minimum atomic E-state index is -3.65. The lowest BCUT2D eigenvalue weighted by atomic mass is 10.2. The Morgan fingerprint density at radius 2 is 2.04 bits per heavy atom. The molecule has 0 unspecified atom stereocenters. The van der Waals surface area contributed by atoms with Crippen molar-refractivity contribution in [3.8, 4) is 0 Å². The molecule has 1 aromatic rings. The third kappa shape index (κ3) is 6.65. The monoisotopic (exact) mass is 385 g/mol. The van der Waals surface area contributed by atoms with E-state index in [0.717, 1.165) is 13.1 Å². The maximum Gasteiger partial charge on any atom is 0.251 e. The fourth-order valence-electron chi connectivity index (χ4n) is 2.57. The van der Waals surface area contributed by atoms with Crippen LogP contribution < -0.4 is 10.0 Å². The van der Waals surface area contributed by atoms with E-state index in [2.05, 4.69) is 14.9 Å². The van der Waals surface area contributed by atoms with Gasteiger partial charge in [-0.15, -0.1) is 0 Å². The van der Waals surface area contributed by atoms with Crippen LogP contribution in [0.5, 0.6) is 0 Å². The molecule has 2 rings (SSSR count). The second-order valence-electron chi connectivity index (χ2n) is 5.98. The highest BCUT2D eigenvalue weighted by Crippen LogP contribution is 2.11. The topological polar surface area (TPSA) is 97.0 Å². The molecule has 0 atom stereocenters.